The third kappa shape index (κ3) is 3.04. The van der Waals surface area contributed by atoms with Crippen LogP contribution in [0.3, 0.4) is 0 Å². The molecule has 84 valence electrons. The van der Waals surface area contributed by atoms with Gasteiger partial charge in [0, 0.05) is 19.4 Å². The smallest absolute Gasteiger partial charge is 0.195 e. The molecule has 0 aromatic carbocycles. The minimum atomic E-state index is 0.626. The van der Waals surface area contributed by atoms with E-state index >= 15 is 0 Å². The van der Waals surface area contributed by atoms with E-state index in [2.05, 4.69) is 9.88 Å². The molecule has 15 heavy (non-hydrogen) atoms. The van der Waals surface area contributed by atoms with E-state index in [0.29, 0.717) is 6.54 Å². The Kier molecular flexibility index (Phi) is 3.75. The predicted molar refractivity (Wildman–Crippen MR) is 58.6 cm³/mol. The summed E-state index contributed by atoms with van der Waals surface area (Å²) in [5.41, 5.74) is 5.45. The third-order valence-corrected chi connectivity index (χ3v) is 2.83. The lowest BCUT2D eigenvalue weighted by molar-refractivity contribution is 0.325. The minimum Gasteiger partial charge on any atom is -0.446 e. The second kappa shape index (κ2) is 5.28. The number of likely N-dealkylation sites (tertiary alicyclic amines) is 1. The number of oxazole rings is 1. The van der Waals surface area contributed by atoms with Crippen molar-refractivity contribution in [1.82, 2.24) is 9.88 Å². The summed E-state index contributed by atoms with van der Waals surface area (Å²) in [7, 11) is 0. The molecule has 1 aliphatic rings. The monoisotopic (exact) mass is 209 g/mol. The second-order valence-electron chi connectivity index (χ2n) is 4.06. The van der Waals surface area contributed by atoms with E-state index in [1.54, 1.807) is 6.20 Å². The lowest BCUT2D eigenvalue weighted by Gasteiger charge is -2.12. The Hall–Kier alpha value is -0.870. The van der Waals surface area contributed by atoms with Crippen molar-refractivity contribution in [3.8, 4) is 0 Å². The van der Waals surface area contributed by atoms with Gasteiger partial charge in [-0.1, -0.05) is 0 Å². The molecule has 2 rings (SSSR count). The topological polar surface area (TPSA) is 55.3 Å². The second-order valence-corrected chi connectivity index (χ2v) is 4.06. The normalized spacial score (nSPS) is 17.4. The predicted octanol–water partition coefficient (Wildman–Crippen LogP) is 0.814. The Labute approximate surface area is 90.5 Å². The van der Waals surface area contributed by atoms with E-state index in [0.717, 1.165) is 31.0 Å². The van der Waals surface area contributed by atoms with Gasteiger partial charge in [-0.05, 0) is 32.5 Å². The number of hydrogen-bond donors (Lipinski definition) is 1. The molecule has 0 bridgehead atoms. The van der Waals surface area contributed by atoms with Crippen LogP contribution in [0, 0.1) is 0 Å². The van der Waals surface area contributed by atoms with Crippen LogP contribution in [0.1, 0.15) is 24.5 Å². The fourth-order valence-electron chi connectivity index (χ4n) is 1.98. The highest BCUT2D eigenvalue weighted by Gasteiger charge is 2.12. The molecule has 2 N–H and O–H groups in total. The van der Waals surface area contributed by atoms with Crippen molar-refractivity contribution in [2.24, 2.45) is 5.73 Å². The quantitative estimate of drug-likeness (QED) is 0.780. The lowest BCUT2D eigenvalue weighted by Crippen LogP contribution is -2.21. The fraction of sp³-hybridized carbons (Fsp3) is 0.727. The van der Waals surface area contributed by atoms with Gasteiger partial charge in [-0.15, -0.1) is 0 Å². The van der Waals surface area contributed by atoms with Gasteiger partial charge in [0.15, 0.2) is 5.89 Å². The van der Waals surface area contributed by atoms with Gasteiger partial charge in [0.25, 0.3) is 0 Å². The average Bonchev–Trinajstić information content (AvgIpc) is 2.85. The van der Waals surface area contributed by atoms with Crippen LogP contribution >= 0.6 is 0 Å². The zero-order valence-electron chi connectivity index (χ0n) is 9.11. The van der Waals surface area contributed by atoms with Crippen molar-refractivity contribution in [2.75, 3.05) is 26.2 Å². The molecule has 1 aliphatic heterocycles. The number of hydrogen-bond acceptors (Lipinski definition) is 4. The minimum absolute atomic E-state index is 0.626. The first-order chi connectivity index (χ1) is 7.38. The van der Waals surface area contributed by atoms with Crippen molar-refractivity contribution in [2.45, 2.75) is 25.7 Å². The molecule has 4 heteroatoms. The molecule has 2 heterocycles. The maximum absolute atomic E-state index is 5.57. The number of nitrogens with zero attached hydrogens (tertiary/aromatic N) is 2. The van der Waals surface area contributed by atoms with Gasteiger partial charge in [0.1, 0.15) is 5.76 Å². The van der Waals surface area contributed by atoms with Gasteiger partial charge in [0.2, 0.25) is 0 Å². The molecule has 4 nitrogen and oxygen atoms in total. The SMILES string of the molecule is NCCc1cnc(CCN2CCCC2)o1. The molecule has 1 fully saturated rings. The summed E-state index contributed by atoms with van der Waals surface area (Å²) in [5, 5.41) is 0. The molecular weight excluding hydrogens is 190 g/mol. The molecule has 1 saturated heterocycles. The molecule has 0 radical (unpaired) electrons. The summed E-state index contributed by atoms with van der Waals surface area (Å²) in [6, 6.07) is 0. The van der Waals surface area contributed by atoms with Gasteiger partial charge < -0.3 is 15.1 Å². The Bertz CT molecular complexity index is 292. The van der Waals surface area contributed by atoms with Crippen LogP contribution in [-0.4, -0.2) is 36.1 Å². The highest BCUT2D eigenvalue weighted by molar-refractivity contribution is 4.95. The first-order valence-corrected chi connectivity index (χ1v) is 5.74. The molecular formula is C11H19N3O. The van der Waals surface area contributed by atoms with E-state index in [1.165, 1.54) is 25.9 Å². The number of rotatable bonds is 5. The van der Waals surface area contributed by atoms with Crippen LogP contribution in [0.4, 0.5) is 0 Å². The van der Waals surface area contributed by atoms with Gasteiger partial charge >= 0.3 is 0 Å². The molecule has 0 saturated carbocycles. The molecule has 0 atom stereocenters. The van der Waals surface area contributed by atoms with Crippen molar-refractivity contribution in [3.05, 3.63) is 17.8 Å². The molecule has 1 aromatic rings. The molecule has 0 aliphatic carbocycles. The van der Waals surface area contributed by atoms with E-state index in [9.17, 15) is 0 Å². The van der Waals surface area contributed by atoms with Gasteiger partial charge in [-0.25, -0.2) is 4.98 Å². The summed E-state index contributed by atoms with van der Waals surface area (Å²) in [5.74, 6) is 1.76. The number of nitrogens with two attached hydrogens (primary N) is 1. The van der Waals surface area contributed by atoms with Crippen molar-refractivity contribution >= 4 is 0 Å². The Morgan fingerprint density at radius 2 is 2.13 bits per heavy atom. The van der Waals surface area contributed by atoms with E-state index in [1.807, 2.05) is 0 Å². The highest BCUT2D eigenvalue weighted by Crippen LogP contribution is 2.10. The first kappa shape index (κ1) is 10.6. The number of aromatic nitrogens is 1. The summed E-state index contributed by atoms with van der Waals surface area (Å²) in [4.78, 5) is 6.71. The molecule has 0 spiro atoms. The zero-order valence-corrected chi connectivity index (χ0v) is 9.11. The van der Waals surface area contributed by atoms with Gasteiger partial charge in [0.05, 0.1) is 6.20 Å². The summed E-state index contributed by atoms with van der Waals surface area (Å²) >= 11 is 0. The zero-order chi connectivity index (χ0) is 10.5. The summed E-state index contributed by atoms with van der Waals surface area (Å²) in [6.45, 7) is 4.16. The van der Waals surface area contributed by atoms with Gasteiger partial charge in [-0.2, -0.15) is 0 Å². The highest BCUT2D eigenvalue weighted by atomic mass is 16.4. The lowest BCUT2D eigenvalue weighted by atomic mass is 10.4. The van der Waals surface area contributed by atoms with Crippen LogP contribution in [0.25, 0.3) is 0 Å². The maximum atomic E-state index is 5.57. The standard InChI is InChI=1S/C11H19N3O/c12-5-3-10-9-13-11(15-10)4-8-14-6-1-2-7-14/h9H,1-8,12H2. The summed E-state index contributed by atoms with van der Waals surface area (Å²) < 4.78 is 5.57. The van der Waals surface area contributed by atoms with Crippen molar-refractivity contribution in [3.63, 3.8) is 0 Å². The Balaban J connectivity index is 1.77. The Morgan fingerprint density at radius 3 is 2.87 bits per heavy atom. The van der Waals surface area contributed by atoms with E-state index in [-0.39, 0.29) is 0 Å². The van der Waals surface area contributed by atoms with Crippen molar-refractivity contribution in [1.29, 1.82) is 0 Å². The largest absolute Gasteiger partial charge is 0.446 e. The average molecular weight is 209 g/mol. The van der Waals surface area contributed by atoms with Crippen LogP contribution in [0.2, 0.25) is 0 Å². The molecule has 1 aromatic heterocycles. The fourth-order valence-corrected chi connectivity index (χ4v) is 1.98. The molecule has 0 unspecified atom stereocenters. The first-order valence-electron chi connectivity index (χ1n) is 5.74. The van der Waals surface area contributed by atoms with Crippen LogP contribution in [0.15, 0.2) is 10.6 Å². The maximum Gasteiger partial charge on any atom is 0.195 e. The van der Waals surface area contributed by atoms with Crippen LogP contribution in [0.5, 0.6) is 0 Å². The van der Waals surface area contributed by atoms with Crippen LogP contribution < -0.4 is 5.73 Å². The Morgan fingerprint density at radius 1 is 1.33 bits per heavy atom. The van der Waals surface area contributed by atoms with E-state index in [4.69, 9.17) is 10.2 Å². The van der Waals surface area contributed by atoms with Crippen LogP contribution in [-0.2, 0) is 12.8 Å². The van der Waals surface area contributed by atoms with E-state index < -0.39 is 0 Å². The third-order valence-electron chi connectivity index (χ3n) is 2.83. The molecule has 0 amide bonds. The van der Waals surface area contributed by atoms with Crippen molar-refractivity contribution < 1.29 is 4.42 Å². The van der Waals surface area contributed by atoms with Gasteiger partial charge in [-0.3, -0.25) is 0 Å². The summed E-state index contributed by atoms with van der Waals surface area (Å²) in [6.07, 6.45) is 6.18.